The fourth-order valence-corrected chi connectivity index (χ4v) is 6.52. The number of piperidine rings is 1. The Morgan fingerprint density at radius 2 is 1.89 bits per heavy atom. The number of imide groups is 1. The van der Waals surface area contributed by atoms with Crippen LogP contribution in [0.5, 0.6) is 0 Å². The van der Waals surface area contributed by atoms with Crippen LogP contribution in [0.15, 0.2) is 18.2 Å². The van der Waals surface area contributed by atoms with E-state index in [-0.39, 0.29) is 49.3 Å². The molecule has 2 heterocycles. The first kappa shape index (κ1) is 25.3. The lowest BCUT2D eigenvalue weighted by molar-refractivity contribution is -0.136. The smallest absolute Gasteiger partial charge is 0.255 e. The Kier molecular flexibility index (Phi) is 7.14. The molecule has 2 N–H and O–H groups in total. The van der Waals surface area contributed by atoms with Crippen LogP contribution in [0.2, 0.25) is 0 Å². The molecule has 1 saturated heterocycles. The molecule has 0 spiro atoms. The average molecular weight is 504 g/mol. The van der Waals surface area contributed by atoms with Gasteiger partial charge in [-0.3, -0.25) is 19.7 Å². The first-order chi connectivity index (χ1) is 17.2. The summed E-state index contributed by atoms with van der Waals surface area (Å²) in [6.07, 6.45) is 5.28. The zero-order valence-corrected chi connectivity index (χ0v) is 20.7. The van der Waals surface area contributed by atoms with Crippen molar-refractivity contribution in [2.24, 2.45) is 5.92 Å². The molecule has 3 fully saturated rings. The lowest BCUT2D eigenvalue weighted by atomic mass is 9.77. The molecule has 1 unspecified atom stereocenters. The van der Waals surface area contributed by atoms with Crippen LogP contribution in [-0.4, -0.2) is 59.9 Å². The molecule has 3 amide bonds. The number of fused-ring (bicyclic) bond motifs is 1. The van der Waals surface area contributed by atoms with Gasteiger partial charge in [-0.25, -0.2) is 8.78 Å². The lowest BCUT2D eigenvalue weighted by Crippen LogP contribution is -2.54. The molecule has 2 aliphatic heterocycles. The second-order valence-electron chi connectivity index (χ2n) is 10.9. The Labute approximate surface area is 210 Å². The van der Waals surface area contributed by atoms with Crippen molar-refractivity contribution in [3.63, 3.8) is 0 Å². The number of carbonyl (C=O) groups is 3. The number of benzene rings is 1. The summed E-state index contributed by atoms with van der Waals surface area (Å²) in [5.74, 6) is -3.12. The summed E-state index contributed by atoms with van der Waals surface area (Å²) in [4.78, 5) is 38.4. The van der Waals surface area contributed by atoms with Crippen molar-refractivity contribution in [2.45, 2.75) is 101 Å². The van der Waals surface area contributed by atoms with Crippen molar-refractivity contribution in [3.8, 4) is 0 Å². The Morgan fingerprint density at radius 3 is 2.61 bits per heavy atom. The predicted molar refractivity (Wildman–Crippen MR) is 128 cm³/mol. The van der Waals surface area contributed by atoms with Crippen LogP contribution in [0.3, 0.4) is 0 Å². The van der Waals surface area contributed by atoms with Crippen molar-refractivity contribution >= 4 is 17.7 Å². The molecule has 4 aliphatic rings. The van der Waals surface area contributed by atoms with Gasteiger partial charge in [-0.1, -0.05) is 18.6 Å². The van der Waals surface area contributed by atoms with Gasteiger partial charge in [0.15, 0.2) is 0 Å². The van der Waals surface area contributed by atoms with Crippen molar-refractivity contribution < 1.29 is 27.9 Å². The fraction of sp³-hybridized carbons (Fsp3) is 0.667. The van der Waals surface area contributed by atoms with Gasteiger partial charge in [-0.2, -0.15) is 0 Å². The number of nitrogens with zero attached hydrogens (tertiary/aromatic N) is 1. The summed E-state index contributed by atoms with van der Waals surface area (Å²) in [6, 6.07) is 5.44. The second-order valence-corrected chi connectivity index (χ2v) is 10.9. The maximum Gasteiger partial charge on any atom is 0.255 e. The van der Waals surface area contributed by atoms with E-state index in [0.717, 1.165) is 36.8 Å². The Morgan fingerprint density at radius 1 is 1.11 bits per heavy atom. The highest BCUT2D eigenvalue weighted by atomic mass is 19.3. The van der Waals surface area contributed by atoms with E-state index in [2.05, 4.69) is 16.7 Å². The van der Waals surface area contributed by atoms with E-state index in [0.29, 0.717) is 37.3 Å². The third-order valence-corrected chi connectivity index (χ3v) is 8.51. The fourth-order valence-electron chi connectivity index (χ4n) is 6.52. The molecular formula is C27H35F2N3O4. The van der Waals surface area contributed by atoms with Crippen LogP contribution >= 0.6 is 0 Å². The molecule has 36 heavy (non-hydrogen) atoms. The molecule has 7 nitrogen and oxygen atoms in total. The van der Waals surface area contributed by atoms with Gasteiger partial charge in [0.05, 0.1) is 6.10 Å². The van der Waals surface area contributed by atoms with Crippen LogP contribution in [0.25, 0.3) is 0 Å². The summed E-state index contributed by atoms with van der Waals surface area (Å²) in [6.45, 7) is 0.359. The maximum atomic E-state index is 13.7. The van der Waals surface area contributed by atoms with Gasteiger partial charge in [0.1, 0.15) is 6.04 Å². The van der Waals surface area contributed by atoms with Crippen molar-refractivity contribution in [2.75, 3.05) is 7.11 Å². The molecule has 9 heteroatoms. The van der Waals surface area contributed by atoms with E-state index < -0.39 is 17.9 Å². The highest BCUT2D eigenvalue weighted by Crippen LogP contribution is 2.36. The first-order valence-electron chi connectivity index (χ1n) is 13.2. The van der Waals surface area contributed by atoms with Gasteiger partial charge in [0, 0.05) is 50.6 Å². The molecule has 0 radical (unpaired) electrons. The van der Waals surface area contributed by atoms with Crippen molar-refractivity contribution in [1.82, 2.24) is 15.5 Å². The normalized spacial score (nSPS) is 30.9. The zero-order chi connectivity index (χ0) is 25.4. The first-order valence-corrected chi connectivity index (χ1v) is 13.2. The average Bonchev–Trinajstić information content (AvgIpc) is 3.16. The third-order valence-electron chi connectivity index (χ3n) is 8.51. The SMILES string of the molecule is CO[C@@H]1CCC[C@H](Cc2ccc3c(c2)CN(C2CCC(=O)NC2=O)C3=O)[C@H]1NC1CCC(F)(F)CC1. The topological polar surface area (TPSA) is 87.7 Å². The van der Waals surface area contributed by atoms with E-state index in [4.69, 9.17) is 4.74 Å². The summed E-state index contributed by atoms with van der Waals surface area (Å²) < 4.78 is 33.2. The summed E-state index contributed by atoms with van der Waals surface area (Å²) >= 11 is 0. The molecule has 0 bridgehead atoms. The van der Waals surface area contributed by atoms with Gasteiger partial charge in [0.2, 0.25) is 17.7 Å². The van der Waals surface area contributed by atoms with Gasteiger partial charge in [-0.15, -0.1) is 0 Å². The summed E-state index contributed by atoms with van der Waals surface area (Å²) in [5, 5.41) is 6.03. The molecular weight excluding hydrogens is 468 g/mol. The number of nitrogens with one attached hydrogen (secondary N) is 2. The number of alkyl halides is 2. The van der Waals surface area contributed by atoms with E-state index in [1.807, 2.05) is 12.1 Å². The highest BCUT2D eigenvalue weighted by Gasteiger charge is 2.41. The number of methoxy groups -OCH3 is 1. The molecule has 2 saturated carbocycles. The Bertz CT molecular complexity index is 1020. The van der Waals surface area contributed by atoms with Crippen LogP contribution in [0.4, 0.5) is 8.78 Å². The number of rotatable bonds is 6. The lowest BCUT2D eigenvalue weighted by Gasteiger charge is -2.41. The maximum absolute atomic E-state index is 13.7. The highest BCUT2D eigenvalue weighted by molar-refractivity contribution is 6.05. The molecule has 2 aliphatic carbocycles. The minimum Gasteiger partial charge on any atom is -0.380 e. The van der Waals surface area contributed by atoms with Crippen LogP contribution < -0.4 is 10.6 Å². The third kappa shape index (κ3) is 5.18. The molecule has 196 valence electrons. The standard InChI is InChI=1S/C27H35F2N3O4/c1-36-22-4-2-3-17(24(22)30-19-9-11-27(28,29)12-10-19)13-16-5-6-20-18(14-16)15-32(26(20)35)21-7-8-23(33)31-25(21)34/h5-6,14,17,19,21-22,24,30H,2-4,7-13,15H2,1H3,(H,31,33,34)/t17-,21?,22-,24-/m1/s1. The number of halogens is 2. The van der Waals surface area contributed by atoms with Gasteiger partial charge < -0.3 is 15.0 Å². The van der Waals surface area contributed by atoms with Crippen LogP contribution in [-0.2, 0) is 27.3 Å². The van der Waals surface area contributed by atoms with E-state index >= 15 is 0 Å². The molecule has 1 aromatic rings. The Hall–Kier alpha value is -2.39. The Balaban J connectivity index is 1.28. The van der Waals surface area contributed by atoms with Gasteiger partial charge in [-0.05, 0) is 61.6 Å². The van der Waals surface area contributed by atoms with E-state index in [1.54, 1.807) is 12.0 Å². The van der Waals surface area contributed by atoms with E-state index in [9.17, 15) is 23.2 Å². The van der Waals surface area contributed by atoms with Gasteiger partial charge in [0.25, 0.3) is 5.91 Å². The molecule has 4 atom stereocenters. The van der Waals surface area contributed by atoms with Crippen molar-refractivity contribution in [3.05, 3.63) is 34.9 Å². The second kappa shape index (κ2) is 10.2. The predicted octanol–water partition coefficient (Wildman–Crippen LogP) is 3.34. The zero-order valence-electron chi connectivity index (χ0n) is 20.7. The number of hydrogen-bond donors (Lipinski definition) is 2. The van der Waals surface area contributed by atoms with Crippen LogP contribution in [0, 0.1) is 5.92 Å². The molecule has 1 aromatic carbocycles. The largest absolute Gasteiger partial charge is 0.380 e. The van der Waals surface area contributed by atoms with Gasteiger partial charge >= 0.3 is 0 Å². The molecule has 0 aromatic heterocycles. The summed E-state index contributed by atoms with van der Waals surface area (Å²) in [7, 11) is 1.72. The monoisotopic (exact) mass is 503 g/mol. The van der Waals surface area contributed by atoms with Crippen molar-refractivity contribution in [1.29, 1.82) is 0 Å². The number of ether oxygens (including phenoxy) is 1. The minimum atomic E-state index is -2.55. The number of amides is 3. The minimum absolute atomic E-state index is 0.0465. The quantitative estimate of drug-likeness (QED) is 0.582. The number of hydrogen-bond acceptors (Lipinski definition) is 5. The molecule has 5 rings (SSSR count). The van der Waals surface area contributed by atoms with Crippen LogP contribution in [0.1, 0.15) is 79.3 Å². The number of carbonyl (C=O) groups excluding carboxylic acids is 3. The van der Waals surface area contributed by atoms with E-state index in [1.165, 1.54) is 0 Å². The summed E-state index contributed by atoms with van der Waals surface area (Å²) in [5.41, 5.74) is 2.63.